The maximum Gasteiger partial charge on any atom is 0.308 e. The SMILES string of the molecule is CC1CCC(C2CCC(CCC3CCC(C)C(=O)O3)CC2)CC1. The summed E-state index contributed by atoms with van der Waals surface area (Å²) < 4.78 is 5.58. The van der Waals surface area contributed by atoms with Crippen LogP contribution in [0.2, 0.25) is 0 Å². The highest BCUT2D eigenvalue weighted by molar-refractivity contribution is 5.72. The maximum absolute atomic E-state index is 11.7. The normalized spacial score (nSPS) is 42.3. The molecular formula is C21H36O2. The average molecular weight is 321 g/mol. The zero-order valence-electron chi connectivity index (χ0n) is 15.3. The van der Waals surface area contributed by atoms with Crippen molar-refractivity contribution in [1.82, 2.24) is 0 Å². The Labute approximate surface area is 142 Å². The largest absolute Gasteiger partial charge is 0.462 e. The van der Waals surface area contributed by atoms with Gasteiger partial charge in [-0.05, 0) is 75.0 Å². The molecule has 1 aliphatic heterocycles. The van der Waals surface area contributed by atoms with Crippen LogP contribution < -0.4 is 0 Å². The number of hydrogen-bond acceptors (Lipinski definition) is 2. The molecule has 3 rings (SSSR count). The molecule has 1 saturated heterocycles. The second kappa shape index (κ2) is 8.03. The highest BCUT2D eigenvalue weighted by Crippen LogP contribution is 2.42. The van der Waals surface area contributed by atoms with Gasteiger partial charge < -0.3 is 4.74 Å². The predicted octanol–water partition coefficient (Wildman–Crippen LogP) is 5.74. The number of ether oxygens (including phenoxy) is 1. The highest BCUT2D eigenvalue weighted by atomic mass is 16.5. The third kappa shape index (κ3) is 4.73. The van der Waals surface area contributed by atoms with Crippen LogP contribution in [0.5, 0.6) is 0 Å². The fourth-order valence-electron chi connectivity index (χ4n) is 5.22. The van der Waals surface area contributed by atoms with E-state index < -0.39 is 0 Å². The quantitative estimate of drug-likeness (QED) is 0.617. The first kappa shape index (κ1) is 17.3. The lowest BCUT2D eigenvalue weighted by molar-refractivity contribution is -0.160. The zero-order valence-corrected chi connectivity index (χ0v) is 15.3. The molecule has 0 aromatic heterocycles. The molecule has 2 aliphatic carbocycles. The van der Waals surface area contributed by atoms with Crippen LogP contribution in [0.3, 0.4) is 0 Å². The molecule has 0 aromatic carbocycles. The monoisotopic (exact) mass is 320 g/mol. The number of rotatable bonds is 4. The Morgan fingerprint density at radius 1 is 0.783 bits per heavy atom. The van der Waals surface area contributed by atoms with Crippen molar-refractivity contribution >= 4 is 5.97 Å². The highest BCUT2D eigenvalue weighted by Gasteiger charge is 2.31. The number of esters is 1. The molecule has 0 N–H and O–H groups in total. The summed E-state index contributed by atoms with van der Waals surface area (Å²) in [4.78, 5) is 11.7. The molecule has 1 heterocycles. The molecule has 0 bridgehead atoms. The number of carbonyl (C=O) groups is 1. The Balaban J connectivity index is 1.34. The van der Waals surface area contributed by atoms with Crippen LogP contribution in [0.1, 0.15) is 90.9 Å². The summed E-state index contributed by atoms with van der Waals surface area (Å²) in [5.41, 5.74) is 0. The molecule has 2 unspecified atom stereocenters. The predicted molar refractivity (Wildman–Crippen MR) is 94.1 cm³/mol. The third-order valence-electron chi connectivity index (χ3n) is 7.12. The lowest BCUT2D eigenvalue weighted by Crippen LogP contribution is -2.30. The smallest absolute Gasteiger partial charge is 0.308 e. The second-order valence-corrected chi connectivity index (χ2v) is 8.92. The Morgan fingerprint density at radius 2 is 1.39 bits per heavy atom. The summed E-state index contributed by atoms with van der Waals surface area (Å²) in [6, 6.07) is 0. The standard InChI is InChI=1S/C21H36O2/c1-15-3-9-18(10-4-15)19-11-6-17(7-12-19)8-14-20-13-5-16(2)21(22)23-20/h15-20H,3-14H2,1-2H3. The van der Waals surface area contributed by atoms with E-state index in [1.54, 1.807) is 0 Å². The van der Waals surface area contributed by atoms with Crippen molar-refractivity contribution in [3.63, 3.8) is 0 Å². The number of cyclic esters (lactones) is 1. The van der Waals surface area contributed by atoms with Crippen LogP contribution in [0.15, 0.2) is 0 Å². The van der Waals surface area contributed by atoms with Crippen LogP contribution in [-0.2, 0) is 9.53 Å². The third-order valence-corrected chi connectivity index (χ3v) is 7.12. The van der Waals surface area contributed by atoms with Crippen LogP contribution in [-0.4, -0.2) is 12.1 Å². The summed E-state index contributed by atoms with van der Waals surface area (Å²) in [5.74, 6) is 4.09. The summed E-state index contributed by atoms with van der Waals surface area (Å²) in [6.45, 7) is 4.41. The van der Waals surface area contributed by atoms with Crippen molar-refractivity contribution in [2.24, 2.45) is 29.6 Å². The van der Waals surface area contributed by atoms with Crippen LogP contribution >= 0.6 is 0 Å². The van der Waals surface area contributed by atoms with Gasteiger partial charge in [-0.1, -0.05) is 39.5 Å². The van der Waals surface area contributed by atoms with Crippen molar-refractivity contribution in [2.45, 2.75) is 97.0 Å². The molecule has 132 valence electrons. The van der Waals surface area contributed by atoms with Gasteiger partial charge in [-0.3, -0.25) is 4.79 Å². The molecule has 0 radical (unpaired) electrons. The van der Waals surface area contributed by atoms with E-state index in [9.17, 15) is 4.79 Å². The van der Waals surface area contributed by atoms with Gasteiger partial charge in [0.25, 0.3) is 0 Å². The molecule has 3 aliphatic rings. The molecule has 2 heteroatoms. The van der Waals surface area contributed by atoms with E-state index in [4.69, 9.17) is 4.74 Å². The fourth-order valence-corrected chi connectivity index (χ4v) is 5.22. The summed E-state index contributed by atoms with van der Waals surface area (Å²) in [5, 5.41) is 0. The number of hydrogen-bond donors (Lipinski definition) is 0. The van der Waals surface area contributed by atoms with Crippen LogP contribution in [0.25, 0.3) is 0 Å². The topological polar surface area (TPSA) is 26.3 Å². The molecule has 2 nitrogen and oxygen atoms in total. The molecule has 0 aromatic rings. The second-order valence-electron chi connectivity index (χ2n) is 8.92. The Hall–Kier alpha value is -0.530. The van der Waals surface area contributed by atoms with E-state index >= 15 is 0 Å². The Kier molecular flexibility index (Phi) is 6.04. The molecule has 23 heavy (non-hydrogen) atoms. The Bertz CT molecular complexity index is 375. The first-order chi connectivity index (χ1) is 11.1. The van der Waals surface area contributed by atoms with Crippen molar-refractivity contribution in [2.75, 3.05) is 0 Å². The van der Waals surface area contributed by atoms with Crippen LogP contribution in [0.4, 0.5) is 0 Å². The molecular weight excluding hydrogens is 284 g/mol. The van der Waals surface area contributed by atoms with Crippen molar-refractivity contribution in [3.05, 3.63) is 0 Å². The lowest BCUT2D eigenvalue weighted by Gasteiger charge is -2.37. The molecule has 0 amide bonds. The lowest BCUT2D eigenvalue weighted by atomic mass is 9.69. The first-order valence-electron chi connectivity index (χ1n) is 10.3. The zero-order chi connectivity index (χ0) is 16.2. The maximum atomic E-state index is 11.7. The van der Waals surface area contributed by atoms with E-state index in [1.807, 2.05) is 6.92 Å². The van der Waals surface area contributed by atoms with Crippen molar-refractivity contribution in [3.8, 4) is 0 Å². The van der Waals surface area contributed by atoms with E-state index in [2.05, 4.69) is 6.92 Å². The molecule has 2 atom stereocenters. The van der Waals surface area contributed by atoms with Gasteiger partial charge in [-0.2, -0.15) is 0 Å². The summed E-state index contributed by atoms with van der Waals surface area (Å²) >= 11 is 0. The van der Waals surface area contributed by atoms with Gasteiger partial charge in [0.2, 0.25) is 0 Å². The first-order valence-corrected chi connectivity index (χ1v) is 10.3. The molecule has 3 fully saturated rings. The van der Waals surface area contributed by atoms with Gasteiger partial charge in [-0.15, -0.1) is 0 Å². The number of carbonyl (C=O) groups excluding carboxylic acids is 1. The van der Waals surface area contributed by atoms with E-state index in [-0.39, 0.29) is 18.0 Å². The Morgan fingerprint density at radius 3 is 2.00 bits per heavy atom. The average Bonchev–Trinajstić information content (AvgIpc) is 2.57. The van der Waals surface area contributed by atoms with Gasteiger partial charge in [0.15, 0.2) is 0 Å². The minimum absolute atomic E-state index is 0.0384. The van der Waals surface area contributed by atoms with E-state index in [0.29, 0.717) is 0 Å². The van der Waals surface area contributed by atoms with Gasteiger partial charge in [0.05, 0.1) is 5.92 Å². The van der Waals surface area contributed by atoms with Crippen LogP contribution in [0, 0.1) is 29.6 Å². The molecule has 2 saturated carbocycles. The van der Waals surface area contributed by atoms with Crippen molar-refractivity contribution < 1.29 is 9.53 Å². The minimum Gasteiger partial charge on any atom is -0.462 e. The van der Waals surface area contributed by atoms with E-state index in [0.717, 1.165) is 42.9 Å². The van der Waals surface area contributed by atoms with E-state index in [1.165, 1.54) is 57.8 Å². The van der Waals surface area contributed by atoms with Gasteiger partial charge in [0, 0.05) is 0 Å². The van der Waals surface area contributed by atoms with Crippen molar-refractivity contribution in [1.29, 1.82) is 0 Å². The minimum atomic E-state index is 0.0384. The molecule has 0 spiro atoms. The fraction of sp³-hybridized carbons (Fsp3) is 0.952. The van der Waals surface area contributed by atoms with Gasteiger partial charge in [0.1, 0.15) is 6.10 Å². The summed E-state index contributed by atoms with van der Waals surface area (Å²) in [6.07, 6.45) is 16.4. The summed E-state index contributed by atoms with van der Waals surface area (Å²) in [7, 11) is 0. The van der Waals surface area contributed by atoms with Gasteiger partial charge in [-0.25, -0.2) is 0 Å². The van der Waals surface area contributed by atoms with Gasteiger partial charge >= 0.3 is 5.97 Å².